The van der Waals surface area contributed by atoms with E-state index in [0.29, 0.717) is 16.4 Å². The molecule has 0 aliphatic carbocycles. The summed E-state index contributed by atoms with van der Waals surface area (Å²) >= 11 is 1.33. The Kier molecular flexibility index (Phi) is 4.24. The van der Waals surface area contributed by atoms with E-state index in [9.17, 15) is 9.18 Å². The maximum atomic E-state index is 12.7. The third-order valence-corrected chi connectivity index (χ3v) is 3.68. The van der Waals surface area contributed by atoms with E-state index in [1.54, 1.807) is 12.3 Å². The van der Waals surface area contributed by atoms with E-state index in [1.807, 2.05) is 0 Å². The average molecular weight is 280 g/mol. The first kappa shape index (κ1) is 13.6. The van der Waals surface area contributed by atoms with Gasteiger partial charge in [-0.05, 0) is 31.2 Å². The lowest BCUT2D eigenvalue weighted by Crippen LogP contribution is -2.18. The van der Waals surface area contributed by atoms with Crippen molar-refractivity contribution in [2.24, 2.45) is 0 Å². The Morgan fingerprint density at radius 2 is 2.16 bits per heavy atom. The summed E-state index contributed by atoms with van der Waals surface area (Å²) in [6.07, 6.45) is 0. The van der Waals surface area contributed by atoms with E-state index in [0.717, 1.165) is 0 Å². The normalized spacial score (nSPS) is 12.2. The lowest BCUT2D eigenvalue weighted by molar-refractivity contribution is -0.117. The molecule has 2 N–H and O–H groups in total. The van der Waals surface area contributed by atoms with E-state index in [-0.39, 0.29) is 18.3 Å². The van der Waals surface area contributed by atoms with E-state index >= 15 is 0 Å². The summed E-state index contributed by atoms with van der Waals surface area (Å²) in [6.45, 7) is 1.60. The fourth-order valence-corrected chi connectivity index (χ4v) is 2.36. The lowest BCUT2D eigenvalue weighted by atomic mass is 10.1. The minimum atomic E-state index is -0.421. The average Bonchev–Trinajstić information content (AvgIpc) is 2.89. The van der Waals surface area contributed by atoms with Crippen LogP contribution in [-0.2, 0) is 11.4 Å². The monoisotopic (exact) mass is 280 g/mol. The number of anilines is 1. The van der Waals surface area contributed by atoms with Gasteiger partial charge in [-0.15, -0.1) is 11.3 Å². The number of aromatic nitrogens is 1. The van der Waals surface area contributed by atoms with Crippen molar-refractivity contribution in [2.45, 2.75) is 19.4 Å². The zero-order valence-corrected chi connectivity index (χ0v) is 11.1. The molecule has 0 aliphatic rings. The highest BCUT2D eigenvalue weighted by Gasteiger charge is 2.18. The molecule has 2 aromatic rings. The molecule has 1 aromatic heterocycles. The Hall–Kier alpha value is -1.79. The maximum Gasteiger partial charge on any atom is 0.234 e. The molecule has 6 heteroatoms. The summed E-state index contributed by atoms with van der Waals surface area (Å²) in [5.41, 5.74) is 1.10. The molecule has 2 rings (SSSR count). The van der Waals surface area contributed by atoms with Gasteiger partial charge in [-0.25, -0.2) is 9.37 Å². The lowest BCUT2D eigenvalue weighted by Gasteiger charge is -2.09. The van der Waals surface area contributed by atoms with Gasteiger partial charge >= 0.3 is 0 Å². The molecule has 100 valence electrons. The van der Waals surface area contributed by atoms with Gasteiger partial charge in [0.15, 0.2) is 0 Å². The van der Waals surface area contributed by atoms with Gasteiger partial charge < -0.3 is 10.4 Å². The summed E-state index contributed by atoms with van der Waals surface area (Å²) in [5, 5.41) is 14.0. The van der Waals surface area contributed by atoms with Crippen molar-refractivity contribution in [1.82, 2.24) is 4.98 Å². The molecular weight excluding hydrogens is 267 g/mol. The molecule has 1 heterocycles. The number of aliphatic hydroxyl groups excluding tert-OH is 1. The number of nitrogens with one attached hydrogen (secondary N) is 1. The van der Waals surface area contributed by atoms with Crippen LogP contribution < -0.4 is 5.32 Å². The van der Waals surface area contributed by atoms with E-state index in [4.69, 9.17) is 5.11 Å². The number of benzene rings is 1. The number of hydrogen-bond donors (Lipinski definition) is 2. The second-order valence-electron chi connectivity index (χ2n) is 4.05. The minimum Gasteiger partial charge on any atom is -0.390 e. The number of halogens is 1. The minimum absolute atomic E-state index is 0.136. The van der Waals surface area contributed by atoms with Crippen LogP contribution in [0.1, 0.15) is 23.5 Å². The second-order valence-corrected chi connectivity index (χ2v) is 4.94. The van der Waals surface area contributed by atoms with Crippen LogP contribution in [0, 0.1) is 5.82 Å². The molecule has 0 aliphatic heterocycles. The molecule has 1 unspecified atom stereocenters. The number of amides is 1. The molecule has 0 spiro atoms. The van der Waals surface area contributed by atoms with Gasteiger partial charge in [0.05, 0.1) is 18.2 Å². The summed E-state index contributed by atoms with van der Waals surface area (Å²) in [6, 6.07) is 5.57. The molecule has 1 atom stereocenters. The van der Waals surface area contributed by atoms with Crippen molar-refractivity contribution in [1.29, 1.82) is 0 Å². The Morgan fingerprint density at radius 3 is 2.74 bits per heavy atom. The fourth-order valence-electron chi connectivity index (χ4n) is 1.49. The van der Waals surface area contributed by atoms with Crippen LogP contribution in [0.2, 0.25) is 0 Å². The van der Waals surface area contributed by atoms with Gasteiger partial charge in [0, 0.05) is 11.1 Å². The third-order valence-electron chi connectivity index (χ3n) is 2.61. The van der Waals surface area contributed by atoms with E-state index in [2.05, 4.69) is 10.3 Å². The molecule has 0 radical (unpaired) electrons. The van der Waals surface area contributed by atoms with E-state index < -0.39 is 5.92 Å². The molecular formula is C13H13FN2O2S. The predicted molar refractivity (Wildman–Crippen MR) is 71.5 cm³/mol. The molecule has 0 bridgehead atoms. The first-order chi connectivity index (χ1) is 9.10. The van der Waals surface area contributed by atoms with Crippen molar-refractivity contribution in [3.63, 3.8) is 0 Å². The molecule has 19 heavy (non-hydrogen) atoms. The van der Waals surface area contributed by atoms with Crippen molar-refractivity contribution in [3.05, 3.63) is 46.2 Å². The largest absolute Gasteiger partial charge is 0.390 e. The first-order valence-corrected chi connectivity index (χ1v) is 6.59. The van der Waals surface area contributed by atoms with Crippen LogP contribution >= 0.6 is 11.3 Å². The Balaban J connectivity index is 2.04. The zero-order chi connectivity index (χ0) is 13.8. The quantitative estimate of drug-likeness (QED) is 0.904. The maximum absolute atomic E-state index is 12.7. The molecule has 1 aromatic carbocycles. The summed E-state index contributed by atoms with van der Waals surface area (Å²) in [4.78, 5) is 16.1. The highest BCUT2D eigenvalue weighted by Crippen LogP contribution is 2.22. The third kappa shape index (κ3) is 3.36. The van der Waals surface area contributed by atoms with Gasteiger partial charge in [0.25, 0.3) is 0 Å². The molecule has 0 fully saturated rings. The number of aliphatic hydroxyl groups is 1. The van der Waals surface area contributed by atoms with Crippen LogP contribution in [0.5, 0.6) is 0 Å². The van der Waals surface area contributed by atoms with Gasteiger partial charge in [0.1, 0.15) is 10.8 Å². The van der Waals surface area contributed by atoms with Crippen LogP contribution in [0.3, 0.4) is 0 Å². The summed E-state index contributed by atoms with van der Waals surface area (Å²) in [7, 11) is 0. The highest BCUT2D eigenvalue weighted by molar-refractivity contribution is 7.09. The van der Waals surface area contributed by atoms with Crippen LogP contribution in [0.4, 0.5) is 10.1 Å². The summed E-state index contributed by atoms with van der Waals surface area (Å²) < 4.78 is 12.7. The molecule has 1 amide bonds. The number of nitrogens with zero attached hydrogens (tertiary/aromatic N) is 1. The van der Waals surface area contributed by atoms with Crippen LogP contribution in [0.15, 0.2) is 29.6 Å². The molecule has 0 saturated heterocycles. The number of hydrogen-bond acceptors (Lipinski definition) is 4. The zero-order valence-electron chi connectivity index (χ0n) is 10.3. The summed E-state index contributed by atoms with van der Waals surface area (Å²) in [5.74, 6) is -0.987. The van der Waals surface area contributed by atoms with Gasteiger partial charge in [-0.1, -0.05) is 0 Å². The second kappa shape index (κ2) is 5.90. The number of carbonyl (C=O) groups excluding carboxylic acids is 1. The highest BCUT2D eigenvalue weighted by atomic mass is 32.1. The topological polar surface area (TPSA) is 62.2 Å². The number of thiazole rings is 1. The van der Waals surface area contributed by atoms with Crippen molar-refractivity contribution in [3.8, 4) is 0 Å². The number of rotatable bonds is 4. The predicted octanol–water partition coefficient (Wildman–Crippen LogP) is 2.52. The van der Waals surface area contributed by atoms with Crippen molar-refractivity contribution < 1.29 is 14.3 Å². The first-order valence-electron chi connectivity index (χ1n) is 5.71. The standard InChI is InChI=1S/C13H13FN2O2S/c1-8(13-16-11(6-17)7-19-13)12(18)15-10-4-2-9(14)3-5-10/h2-5,7-8,17H,6H2,1H3,(H,15,18). The smallest absolute Gasteiger partial charge is 0.234 e. The Labute approximate surface area is 113 Å². The number of carbonyl (C=O) groups is 1. The van der Waals surface area contributed by atoms with Gasteiger partial charge in [0.2, 0.25) is 5.91 Å². The van der Waals surface area contributed by atoms with Crippen LogP contribution in [0.25, 0.3) is 0 Å². The van der Waals surface area contributed by atoms with Crippen molar-refractivity contribution >= 4 is 22.9 Å². The SMILES string of the molecule is CC(C(=O)Nc1ccc(F)cc1)c1nc(CO)cs1. The van der Waals surface area contributed by atoms with Crippen molar-refractivity contribution in [2.75, 3.05) is 5.32 Å². The fraction of sp³-hybridized carbons (Fsp3) is 0.231. The van der Waals surface area contributed by atoms with Gasteiger partial charge in [-0.3, -0.25) is 4.79 Å². The molecule has 4 nitrogen and oxygen atoms in total. The Bertz CT molecular complexity index is 568. The molecule has 0 saturated carbocycles. The van der Waals surface area contributed by atoms with Gasteiger partial charge in [-0.2, -0.15) is 0 Å². The Morgan fingerprint density at radius 1 is 1.47 bits per heavy atom. The van der Waals surface area contributed by atoms with Crippen LogP contribution in [-0.4, -0.2) is 16.0 Å². The van der Waals surface area contributed by atoms with E-state index in [1.165, 1.54) is 35.6 Å².